The Morgan fingerprint density at radius 2 is 2.40 bits per heavy atom. The summed E-state index contributed by atoms with van der Waals surface area (Å²) in [5, 5.41) is 0. The number of carbonyl (C=O) groups is 1. The quantitative estimate of drug-likeness (QED) is 0.586. The Morgan fingerprint density at radius 1 is 1.80 bits per heavy atom. The largest absolute Gasteiger partial charge is 0.328 e. The molecule has 0 heterocycles. The summed E-state index contributed by atoms with van der Waals surface area (Å²) in [4.78, 5) is 10.9. The Hall–Kier alpha value is -0.630. The molecule has 0 rings (SSSR count). The number of hydrogen-bond donors (Lipinski definition) is 1. The molecule has 2 N–H and O–H groups in total. The fourth-order valence-corrected chi connectivity index (χ4v) is 0.724. The Balaban J connectivity index is 3.34. The second-order valence-electron chi connectivity index (χ2n) is 2.55. The fraction of sp³-hybridized carbons (Fsp3) is 0.625. The zero-order chi connectivity index (χ0) is 7.98. The van der Waals surface area contributed by atoms with Crippen LogP contribution in [0.25, 0.3) is 0 Å². The third kappa shape index (κ3) is 5.51. The minimum atomic E-state index is -0.00249. The summed E-state index contributed by atoms with van der Waals surface area (Å²) in [6.45, 7) is 5.37. The van der Waals surface area contributed by atoms with Crippen molar-refractivity contribution >= 4 is 5.78 Å². The van der Waals surface area contributed by atoms with E-state index >= 15 is 0 Å². The molecular formula is C8H15NO. The summed E-state index contributed by atoms with van der Waals surface area (Å²) in [6.07, 6.45) is 3.60. The molecule has 0 amide bonds. The second kappa shape index (κ2) is 5.18. The Labute approximate surface area is 62.1 Å². The lowest BCUT2D eigenvalue weighted by Crippen LogP contribution is -2.19. The highest BCUT2D eigenvalue weighted by Gasteiger charge is 2.02. The van der Waals surface area contributed by atoms with Crippen LogP contribution in [0.1, 0.15) is 26.2 Å². The van der Waals surface area contributed by atoms with E-state index in [0.717, 1.165) is 6.42 Å². The van der Waals surface area contributed by atoms with Crippen molar-refractivity contribution in [2.75, 3.05) is 0 Å². The Bertz CT molecular complexity index is 118. The summed E-state index contributed by atoms with van der Waals surface area (Å²) < 4.78 is 0. The average molecular weight is 141 g/mol. The van der Waals surface area contributed by atoms with Crippen molar-refractivity contribution in [2.24, 2.45) is 5.73 Å². The molecule has 1 unspecified atom stereocenters. The molecule has 0 aromatic heterocycles. The zero-order valence-corrected chi connectivity index (χ0v) is 6.47. The molecule has 0 aliphatic heterocycles. The highest BCUT2D eigenvalue weighted by molar-refractivity contribution is 5.78. The van der Waals surface area contributed by atoms with Crippen molar-refractivity contribution in [1.29, 1.82) is 0 Å². The minimum absolute atomic E-state index is 0.00249. The van der Waals surface area contributed by atoms with Crippen LogP contribution in [0, 0.1) is 0 Å². The van der Waals surface area contributed by atoms with Crippen LogP contribution in [0.5, 0.6) is 0 Å². The molecule has 0 spiro atoms. The molecule has 10 heavy (non-hydrogen) atoms. The molecule has 0 bridgehead atoms. The molecule has 0 fully saturated rings. The molecule has 1 atom stereocenters. The maximum atomic E-state index is 10.9. The third-order valence-electron chi connectivity index (χ3n) is 1.18. The van der Waals surface area contributed by atoms with Gasteiger partial charge in [0, 0.05) is 18.9 Å². The van der Waals surface area contributed by atoms with Crippen LogP contribution < -0.4 is 5.73 Å². The molecule has 2 heteroatoms. The van der Waals surface area contributed by atoms with E-state index in [4.69, 9.17) is 5.73 Å². The van der Waals surface area contributed by atoms with Crippen molar-refractivity contribution in [3.63, 3.8) is 0 Å². The van der Waals surface area contributed by atoms with E-state index in [-0.39, 0.29) is 11.8 Å². The van der Waals surface area contributed by atoms with Gasteiger partial charge in [-0.25, -0.2) is 0 Å². The summed E-state index contributed by atoms with van der Waals surface area (Å²) in [5.41, 5.74) is 5.42. The Kier molecular flexibility index (Phi) is 4.85. The van der Waals surface area contributed by atoms with Gasteiger partial charge in [-0.2, -0.15) is 0 Å². The van der Waals surface area contributed by atoms with Gasteiger partial charge in [0.1, 0.15) is 5.78 Å². The molecule has 58 valence electrons. The zero-order valence-electron chi connectivity index (χ0n) is 6.47. The molecular weight excluding hydrogens is 126 g/mol. The fourth-order valence-electron chi connectivity index (χ4n) is 0.724. The summed E-state index contributed by atoms with van der Waals surface area (Å²) >= 11 is 0. The minimum Gasteiger partial charge on any atom is -0.328 e. The first kappa shape index (κ1) is 9.37. The first-order valence-electron chi connectivity index (χ1n) is 3.55. The monoisotopic (exact) mass is 141 g/mol. The molecule has 2 nitrogen and oxygen atoms in total. The summed E-state index contributed by atoms with van der Waals surface area (Å²) in [7, 11) is 0. The van der Waals surface area contributed by atoms with Crippen LogP contribution in [0.15, 0.2) is 12.7 Å². The van der Waals surface area contributed by atoms with Crippen molar-refractivity contribution in [3.05, 3.63) is 12.7 Å². The van der Waals surface area contributed by atoms with Gasteiger partial charge in [0.05, 0.1) is 0 Å². The number of Topliss-reactive ketones (excluding diaryl/α,β-unsaturated/α-hetero) is 1. The van der Waals surface area contributed by atoms with Gasteiger partial charge in [-0.3, -0.25) is 4.79 Å². The molecule has 0 aromatic rings. The van der Waals surface area contributed by atoms with Gasteiger partial charge in [0.2, 0.25) is 0 Å². The lowest BCUT2D eigenvalue weighted by atomic mass is 10.1. The van der Waals surface area contributed by atoms with Gasteiger partial charge in [-0.15, -0.1) is 6.58 Å². The van der Waals surface area contributed by atoms with Crippen LogP contribution in [0.4, 0.5) is 0 Å². The Morgan fingerprint density at radius 3 is 2.80 bits per heavy atom. The van der Waals surface area contributed by atoms with E-state index in [1.54, 1.807) is 6.08 Å². The van der Waals surface area contributed by atoms with Crippen molar-refractivity contribution in [3.8, 4) is 0 Å². The van der Waals surface area contributed by atoms with E-state index in [0.29, 0.717) is 12.8 Å². The lowest BCUT2D eigenvalue weighted by molar-refractivity contribution is -0.119. The topological polar surface area (TPSA) is 43.1 Å². The standard InChI is InChI=1S/C8H15NO/c1-3-4-5-8(10)6-7(2)9/h3,7H,1,4-6,9H2,2H3. The average Bonchev–Trinajstić information content (AvgIpc) is 1.82. The van der Waals surface area contributed by atoms with Gasteiger partial charge < -0.3 is 5.73 Å². The smallest absolute Gasteiger partial charge is 0.134 e. The number of hydrogen-bond acceptors (Lipinski definition) is 2. The van der Waals surface area contributed by atoms with Crippen LogP contribution in [-0.4, -0.2) is 11.8 Å². The number of nitrogens with two attached hydrogens (primary N) is 1. The first-order chi connectivity index (χ1) is 4.66. The SMILES string of the molecule is C=CCCC(=O)CC(C)N. The second-order valence-corrected chi connectivity index (χ2v) is 2.55. The third-order valence-corrected chi connectivity index (χ3v) is 1.18. The first-order valence-corrected chi connectivity index (χ1v) is 3.55. The van der Waals surface area contributed by atoms with E-state index in [1.807, 2.05) is 6.92 Å². The van der Waals surface area contributed by atoms with E-state index < -0.39 is 0 Å². The van der Waals surface area contributed by atoms with Crippen LogP contribution in [0.2, 0.25) is 0 Å². The van der Waals surface area contributed by atoms with Gasteiger partial charge in [-0.05, 0) is 13.3 Å². The highest BCUT2D eigenvalue weighted by atomic mass is 16.1. The van der Waals surface area contributed by atoms with Crippen molar-refractivity contribution in [2.45, 2.75) is 32.2 Å². The van der Waals surface area contributed by atoms with E-state index in [9.17, 15) is 4.79 Å². The van der Waals surface area contributed by atoms with Crippen molar-refractivity contribution < 1.29 is 4.79 Å². The number of carbonyl (C=O) groups excluding carboxylic acids is 1. The molecule has 0 radical (unpaired) electrons. The van der Waals surface area contributed by atoms with E-state index in [1.165, 1.54) is 0 Å². The molecule has 0 aromatic carbocycles. The predicted molar refractivity (Wildman–Crippen MR) is 42.7 cm³/mol. The van der Waals surface area contributed by atoms with Crippen LogP contribution in [0.3, 0.4) is 0 Å². The van der Waals surface area contributed by atoms with Gasteiger partial charge in [0.25, 0.3) is 0 Å². The van der Waals surface area contributed by atoms with E-state index in [2.05, 4.69) is 6.58 Å². The number of allylic oxidation sites excluding steroid dienone is 1. The number of rotatable bonds is 5. The van der Waals surface area contributed by atoms with Crippen LogP contribution >= 0.6 is 0 Å². The molecule has 0 saturated carbocycles. The maximum Gasteiger partial charge on any atom is 0.134 e. The summed E-state index contributed by atoms with van der Waals surface area (Å²) in [6, 6.07) is -0.00249. The lowest BCUT2D eigenvalue weighted by Gasteiger charge is -2.01. The number of ketones is 1. The summed E-state index contributed by atoms with van der Waals surface area (Å²) in [5.74, 6) is 0.231. The molecule has 0 saturated heterocycles. The maximum absolute atomic E-state index is 10.9. The normalized spacial score (nSPS) is 12.6. The van der Waals surface area contributed by atoms with Gasteiger partial charge in [-0.1, -0.05) is 6.08 Å². The van der Waals surface area contributed by atoms with Crippen molar-refractivity contribution in [1.82, 2.24) is 0 Å². The van der Waals surface area contributed by atoms with Gasteiger partial charge >= 0.3 is 0 Å². The highest BCUT2D eigenvalue weighted by Crippen LogP contribution is 1.97. The van der Waals surface area contributed by atoms with Gasteiger partial charge in [0.15, 0.2) is 0 Å². The van der Waals surface area contributed by atoms with Crippen LogP contribution in [-0.2, 0) is 4.79 Å². The molecule has 0 aliphatic carbocycles. The predicted octanol–water partition coefficient (Wildman–Crippen LogP) is 1.26. The molecule has 0 aliphatic rings.